The molecule has 0 radical (unpaired) electrons. The normalized spacial score (nSPS) is 10.5. The van der Waals surface area contributed by atoms with Crippen molar-refractivity contribution in [3.8, 4) is 5.69 Å². The molecule has 0 unspecified atom stereocenters. The molecule has 0 saturated carbocycles. The van der Waals surface area contributed by atoms with E-state index in [-0.39, 0.29) is 17.5 Å². The summed E-state index contributed by atoms with van der Waals surface area (Å²) in [4.78, 5) is 40.2. The van der Waals surface area contributed by atoms with E-state index in [2.05, 4.69) is 10.3 Å². The van der Waals surface area contributed by atoms with Crippen LogP contribution in [-0.2, 0) is 11.2 Å². The number of hydrogen-bond donors (Lipinski definition) is 2. The van der Waals surface area contributed by atoms with Gasteiger partial charge in [-0.3, -0.25) is 14.2 Å². The highest BCUT2D eigenvalue weighted by atomic mass is 16.2. The van der Waals surface area contributed by atoms with Crippen LogP contribution in [0.3, 0.4) is 0 Å². The number of H-pyrrole nitrogens is 1. The average Bonchev–Trinajstić information content (AvgIpc) is 3.01. The van der Waals surface area contributed by atoms with Crippen LogP contribution in [0.4, 0.5) is 5.69 Å². The van der Waals surface area contributed by atoms with Gasteiger partial charge in [-0.25, -0.2) is 4.79 Å². The van der Waals surface area contributed by atoms with E-state index in [0.29, 0.717) is 23.4 Å². The van der Waals surface area contributed by atoms with E-state index in [4.69, 9.17) is 0 Å². The zero-order valence-electron chi connectivity index (χ0n) is 16.0. The highest BCUT2D eigenvalue weighted by Crippen LogP contribution is 2.14. The van der Waals surface area contributed by atoms with Crippen LogP contribution in [0.25, 0.3) is 5.69 Å². The molecule has 0 spiro atoms. The molecule has 0 atom stereocenters. The Morgan fingerprint density at radius 1 is 1.04 bits per heavy atom. The van der Waals surface area contributed by atoms with E-state index in [1.807, 2.05) is 19.1 Å². The van der Waals surface area contributed by atoms with E-state index >= 15 is 0 Å². The average molecular weight is 378 g/mol. The molecule has 144 valence electrons. The van der Waals surface area contributed by atoms with Crippen LogP contribution in [-0.4, -0.2) is 40.4 Å². The van der Waals surface area contributed by atoms with Gasteiger partial charge in [-0.15, -0.1) is 0 Å². The number of benzene rings is 2. The number of rotatable bonds is 5. The number of carbonyl (C=O) groups excluding carboxylic acids is 2. The molecule has 2 N–H and O–H groups in total. The Morgan fingerprint density at radius 2 is 1.68 bits per heavy atom. The number of likely N-dealkylation sites (N-methyl/N-ethyl adjacent to an activating group) is 1. The summed E-state index contributed by atoms with van der Waals surface area (Å²) >= 11 is 0. The molecule has 0 bridgehead atoms. The summed E-state index contributed by atoms with van der Waals surface area (Å²) in [6, 6.07) is 14.0. The molecule has 0 fully saturated rings. The highest BCUT2D eigenvalue weighted by molar-refractivity contribution is 6.04. The van der Waals surface area contributed by atoms with Gasteiger partial charge in [-0.05, 0) is 48.9 Å². The third-order valence-corrected chi connectivity index (χ3v) is 4.41. The van der Waals surface area contributed by atoms with Crippen molar-refractivity contribution in [2.24, 2.45) is 0 Å². The fourth-order valence-electron chi connectivity index (χ4n) is 2.78. The van der Waals surface area contributed by atoms with Gasteiger partial charge < -0.3 is 15.2 Å². The maximum Gasteiger partial charge on any atom is 0.330 e. The quantitative estimate of drug-likeness (QED) is 0.714. The third kappa shape index (κ3) is 4.20. The van der Waals surface area contributed by atoms with Crippen molar-refractivity contribution in [3.05, 3.63) is 82.0 Å². The van der Waals surface area contributed by atoms with Gasteiger partial charge in [-0.1, -0.05) is 12.1 Å². The Morgan fingerprint density at radius 3 is 2.21 bits per heavy atom. The number of amides is 2. The second-order valence-corrected chi connectivity index (χ2v) is 6.73. The number of nitrogens with one attached hydrogen (secondary N) is 2. The lowest BCUT2D eigenvalue weighted by molar-refractivity contribution is -0.127. The zero-order chi connectivity index (χ0) is 20.3. The standard InChI is InChI=1S/C21H22N4O3/c1-14-13-22-21(28)25(14)18-10-6-16(7-11-18)20(27)23-17-8-4-15(5-9-17)12-19(26)24(2)3/h4-11,13H,12H2,1-3H3,(H,22,28)(H,23,27). The molecule has 1 aromatic heterocycles. The van der Waals surface area contributed by atoms with Gasteiger partial charge in [0.15, 0.2) is 0 Å². The maximum atomic E-state index is 12.5. The first-order chi connectivity index (χ1) is 13.3. The molecule has 1 heterocycles. The minimum atomic E-state index is -0.248. The monoisotopic (exact) mass is 378 g/mol. The minimum absolute atomic E-state index is 0.0219. The maximum absolute atomic E-state index is 12.5. The largest absolute Gasteiger partial charge is 0.349 e. The zero-order valence-corrected chi connectivity index (χ0v) is 16.0. The van der Waals surface area contributed by atoms with Crippen molar-refractivity contribution in [1.82, 2.24) is 14.5 Å². The summed E-state index contributed by atoms with van der Waals surface area (Å²) in [7, 11) is 3.44. The van der Waals surface area contributed by atoms with E-state index in [0.717, 1.165) is 11.3 Å². The van der Waals surface area contributed by atoms with E-state index < -0.39 is 0 Å². The van der Waals surface area contributed by atoms with E-state index in [1.54, 1.807) is 61.6 Å². The summed E-state index contributed by atoms with van der Waals surface area (Å²) in [5, 5.41) is 2.83. The van der Waals surface area contributed by atoms with Crippen LogP contribution in [0.15, 0.2) is 59.5 Å². The van der Waals surface area contributed by atoms with Gasteiger partial charge in [0.2, 0.25) is 5.91 Å². The highest BCUT2D eigenvalue weighted by Gasteiger charge is 2.10. The van der Waals surface area contributed by atoms with Crippen LogP contribution in [0.1, 0.15) is 21.6 Å². The molecule has 0 saturated heterocycles. The van der Waals surface area contributed by atoms with E-state index in [1.165, 1.54) is 4.57 Å². The number of aromatic nitrogens is 2. The minimum Gasteiger partial charge on any atom is -0.349 e. The molecule has 2 amide bonds. The van der Waals surface area contributed by atoms with Crippen molar-refractivity contribution in [1.29, 1.82) is 0 Å². The van der Waals surface area contributed by atoms with Gasteiger partial charge >= 0.3 is 5.69 Å². The van der Waals surface area contributed by atoms with Crippen molar-refractivity contribution in [2.45, 2.75) is 13.3 Å². The molecule has 3 rings (SSSR count). The summed E-state index contributed by atoms with van der Waals surface area (Å²) in [6.45, 7) is 1.83. The lowest BCUT2D eigenvalue weighted by Gasteiger charge is -2.11. The smallest absolute Gasteiger partial charge is 0.330 e. The summed E-state index contributed by atoms with van der Waals surface area (Å²) in [5.74, 6) is -0.226. The second-order valence-electron chi connectivity index (χ2n) is 6.73. The Balaban J connectivity index is 1.68. The number of anilines is 1. The third-order valence-electron chi connectivity index (χ3n) is 4.41. The fraction of sp³-hybridized carbons (Fsp3) is 0.190. The molecule has 28 heavy (non-hydrogen) atoms. The molecule has 3 aromatic rings. The molecule has 7 heteroatoms. The summed E-state index contributed by atoms with van der Waals surface area (Å²) < 4.78 is 1.54. The summed E-state index contributed by atoms with van der Waals surface area (Å²) in [6.07, 6.45) is 1.96. The lowest BCUT2D eigenvalue weighted by atomic mass is 10.1. The first-order valence-corrected chi connectivity index (χ1v) is 8.83. The Labute approximate surface area is 162 Å². The number of carbonyl (C=O) groups is 2. The Kier molecular flexibility index (Phi) is 5.44. The Bertz CT molecular complexity index is 1040. The lowest BCUT2D eigenvalue weighted by Crippen LogP contribution is -2.23. The number of aromatic amines is 1. The predicted octanol–water partition coefficient (Wildman–Crippen LogP) is 2.36. The molecule has 0 aliphatic heterocycles. The van der Waals surface area contributed by atoms with E-state index in [9.17, 15) is 14.4 Å². The van der Waals surface area contributed by atoms with Crippen molar-refractivity contribution < 1.29 is 9.59 Å². The van der Waals surface area contributed by atoms with Gasteiger partial charge in [0.1, 0.15) is 0 Å². The van der Waals surface area contributed by atoms with Gasteiger partial charge in [-0.2, -0.15) is 0 Å². The first-order valence-electron chi connectivity index (χ1n) is 8.83. The van der Waals surface area contributed by atoms with Crippen LogP contribution >= 0.6 is 0 Å². The van der Waals surface area contributed by atoms with Crippen LogP contribution in [0.2, 0.25) is 0 Å². The van der Waals surface area contributed by atoms with Crippen LogP contribution in [0.5, 0.6) is 0 Å². The molecular formula is C21H22N4O3. The van der Waals surface area contributed by atoms with Crippen molar-refractivity contribution in [2.75, 3.05) is 19.4 Å². The number of nitrogens with zero attached hydrogens (tertiary/aromatic N) is 2. The van der Waals surface area contributed by atoms with Crippen LogP contribution < -0.4 is 11.0 Å². The van der Waals surface area contributed by atoms with Crippen LogP contribution in [0, 0.1) is 6.92 Å². The molecular weight excluding hydrogens is 356 g/mol. The first kappa shape index (κ1) is 19.2. The summed E-state index contributed by atoms with van der Waals surface area (Å²) in [5.41, 5.74) is 3.27. The molecule has 0 aliphatic rings. The number of hydrogen-bond acceptors (Lipinski definition) is 3. The Hall–Kier alpha value is -3.61. The predicted molar refractivity (Wildman–Crippen MR) is 108 cm³/mol. The SMILES string of the molecule is Cc1c[nH]c(=O)n1-c1ccc(C(=O)Nc2ccc(CC(=O)N(C)C)cc2)cc1. The van der Waals surface area contributed by atoms with Gasteiger partial charge in [0, 0.05) is 37.2 Å². The number of aryl methyl sites for hydroxylation is 1. The molecule has 7 nitrogen and oxygen atoms in total. The second kappa shape index (κ2) is 7.96. The number of imidazole rings is 1. The molecule has 2 aromatic carbocycles. The van der Waals surface area contributed by atoms with Crippen molar-refractivity contribution >= 4 is 17.5 Å². The van der Waals surface area contributed by atoms with Gasteiger partial charge in [0.25, 0.3) is 5.91 Å². The fourth-order valence-corrected chi connectivity index (χ4v) is 2.78. The molecule has 0 aliphatic carbocycles. The topological polar surface area (TPSA) is 87.2 Å². The van der Waals surface area contributed by atoms with Crippen molar-refractivity contribution in [3.63, 3.8) is 0 Å². The van der Waals surface area contributed by atoms with Gasteiger partial charge in [0.05, 0.1) is 12.1 Å².